The third-order valence-electron chi connectivity index (χ3n) is 8.58. The molecule has 5 saturated heterocycles. The first-order chi connectivity index (χ1) is 14.0. The summed E-state index contributed by atoms with van der Waals surface area (Å²) in [6.45, 7) is 5.24. The van der Waals surface area contributed by atoms with Crippen LogP contribution in [0.4, 0.5) is 0 Å². The van der Waals surface area contributed by atoms with Gasteiger partial charge in [-0.1, -0.05) is 6.92 Å². The Kier molecular flexibility index (Phi) is 3.62. The third kappa shape index (κ3) is 1.89. The third-order valence-corrected chi connectivity index (χ3v) is 8.58. The Morgan fingerprint density at radius 2 is 2.17 bits per heavy atom. The molecule has 7 nitrogen and oxygen atoms in total. The van der Waals surface area contributed by atoms with Crippen molar-refractivity contribution in [2.45, 2.75) is 69.4 Å². The number of allylic oxidation sites excluding steroid dienone is 1. The molecule has 0 saturated carbocycles. The molecule has 158 valence electrons. The molecule has 6 aliphatic rings. The molecule has 0 aliphatic carbocycles. The van der Waals surface area contributed by atoms with Gasteiger partial charge in [-0.25, -0.2) is 4.79 Å². The Labute approximate surface area is 170 Å². The zero-order valence-electron chi connectivity index (χ0n) is 17.3. The van der Waals surface area contributed by atoms with Gasteiger partial charge in [-0.05, 0) is 45.6 Å². The number of cyclic esters (lactones) is 1. The number of nitrogens with zero attached hydrogens (tertiary/aromatic N) is 1. The van der Waals surface area contributed by atoms with Crippen molar-refractivity contribution in [1.82, 2.24) is 4.90 Å². The molecule has 8 atom stereocenters. The van der Waals surface area contributed by atoms with Crippen molar-refractivity contribution in [1.29, 1.82) is 0 Å². The number of unbranched alkanes of at least 4 members (excludes halogenated alkanes) is 1. The molecule has 6 rings (SSSR count). The molecule has 0 aromatic rings. The lowest BCUT2D eigenvalue weighted by Gasteiger charge is -2.48. The Bertz CT molecular complexity index is 850. The van der Waals surface area contributed by atoms with Crippen molar-refractivity contribution in [3.05, 3.63) is 22.9 Å². The lowest BCUT2D eigenvalue weighted by Crippen LogP contribution is -2.61. The highest BCUT2D eigenvalue weighted by atomic mass is 16.7. The van der Waals surface area contributed by atoms with Gasteiger partial charge in [-0.15, -0.1) is 0 Å². The maximum absolute atomic E-state index is 12.2. The minimum atomic E-state index is -0.622. The lowest BCUT2D eigenvalue weighted by molar-refractivity contribution is -0.256. The van der Waals surface area contributed by atoms with E-state index < -0.39 is 5.79 Å². The van der Waals surface area contributed by atoms with Gasteiger partial charge >= 0.3 is 5.97 Å². The Morgan fingerprint density at radius 1 is 1.34 bits per heavy atom. The maximum atomic E-state index is 12.2. The topological polar surface area (TPSA) is 77.5 Å². The quantitative estimate of drug-likeness (QED) is 0.556. The molecule has 1 N–H and O–H groups in total. The number of aliphatic hydroxyl groups excluding tert-OH is 1. The zero-order valence-corrected chi connectivity index (χ0v) is 17.3. The first kappa shape index (κ1) is 18.2. The summed E-state index contributed by atoms with van der Waals surface area (Å²) in [5, 5.41) is 9.28. The molecule has 0 radical (unpaired) electrons. The van der Waals surface area contributed by atoms with Gasteiger partial charge in [-0.2, -0.15) is 0 Å². The number of esters is 1. The fourth-order valence-electron chi connectivity index (χ4n) is 7.70. The number of rotatable bonds is 5. The van der Waals surface area contributed by atoms with Gasteiger partial charge < -0.3 is 24.1 Å². The number of hydrogen-bond donors (Lipinski definition) is 1. The van der Waals surface area contributed by atoms with Gasteiger partial charge in [-0.3, -0.25) is 4.90 Å². The highest BCUT2D eigenvalue weighted by Crippen LogP contribution is 2.73. The molecule has 5 bridgehead atoms. The second-order valence-corrected chi connectivity index (χ2v) is 9.50. The van der Waals surface area contributed by atoms with Gasteiger partial charge in [0.05, 0.1) is 30.2 Å². The van der Waals surface area contributed by atoms with Crippen LogP contribution in [0.1, 0.15) is 46.0 Å². The average molecular weight is 403 g/mol. The van der Waals surface area contributed by atoms with E-state index in [-0.39, 0.29) is 36.1 Å². The molecule has 1 spiro atoms. The highest BCUT2D eigenvalue weighted by molar-refractivity contribution is 5.93. The van der Waals surface area contributed by atoms with Crippen LogP contribution in [0, 0.1) is 17.8 Å². The molecule has 0 amide bonds. The standard InChI is InChI=1S/C22H29NO6/c1-11-16-13-10-15-21(7-4-5-9-24)14(6-8-23(13)21)22(16,28-15)29-18(11)19-17(26-3)12(2)20(25)27-19/h11,13-16,24H,4-10H2,1-3H3. The molecule has 6 aliphatic heterocycles. The lowest BCUT2D eigenvalue weighted by atomic mass is 9.69. The van der Waals surface area contributed by atoms with Crippen LogP contribution in [0.2, 0.25) is 0 Å². The molecule has 8 unspecified atom stereocenters. The highest BCUT2D eigenvalue weighted by Gasteiger charge is 2.84. The molecular formula is C22H29NO6. The van der Waals surface area contributed by atoms with Crippen molar-refractivity contribution in [2.24, 2.45) is 17.8 Å². The number of fused-ring (bicyclic) bond motifs is 1. The van der Waals surface area contributed by atoms with Crippen molar-refractivity contribution >= 4 is 5.97 Å². The van der Waals surface area contributed by atoms with Crippen molar-refractivity contribution in [2.75, 3.05) is 20.3 Å². The van der Waals surface area contributed by atoms with E-state index in [0.717, 1.165) is 38.6 Å². The van der Waals surface area contributed by atoms with E-state index in [9.17, 15) is 9.90 Å². The first-order valence-corrected chi connectivity index (χ1v) is 11.0. The largest absolute Gasteiger partial charge is 0.492 e. The number of carbonyl (C=O) groups excluding carboxylic acids is 1. The summed E-state index contributed by atoms with van der Waals surface area (Å²) in [6, 6.07) is 0.433. The van der Waals surface area contributed by atoms with Crippen LogP contribution in [0.15, 0.2) is 22.9 Å². The molecule has 0 aromatic carbocycles. The van der Waals surface area contributed by atoms with Crippen molar-refractivity contribution in [3.8, 4) is 0 Å². The number of ether oxygens (including phenoxy) is 4. The normalized spacial score (nSPS) is 51.1. The van der Waals surface area contributed by atoms with E-state index in [1.165, 1.54) is 0 Å². The van der Waals surface area contributed by atoms with E-state index in [0.29, 0.717) is 34.8 Å². The summed E-state index contributed by atoms with van der Waals surface area (Å²) in [4.78, 5) is 14.9. The number of carbonyl (C=O) groups is 1. The molecule has 29 heavy (non-hydrogen) atoms. The summed E-state index contributed by atoms with van der Waals surface area (Å²) in [7, 11) is 1.56. The summed E-state index contributed by atoms with van der Waals surface area (Å²) in [5.74, 6) is 1.29. The fourth-order valence-corrected chi connectivity index (χ4v) is 7.70. The second kappa shape index (κ2) is 5.77. The average Bonchev–Trinajstić information content (AvgIpc) is 3.40. The molecular weight excluding hydrogens is 374 g/mol. The number of aliphatic hydroxyl groups is 1. The van der Waals surface area contributed by atoms with Crippen molar-refractivity contribution in [3.63, 3.8) is 0 Å². The van der Waals surface area contributed by atoms with Gasteiger partial charge in [0.25, 0.3) is 0 Å². The Morgan fingerprint density at radius 3 is 2.93 bits per heavy atom. The van der Waals surface area contributed by atoms with E-state index >= 15 is 0 Å². The van der Waals surface area contributed by atoms with Crippen LogP contribution in [0.3, 0.4) is 0 Å². The van der Waals surface area contributed by atoms with Gasteiger partial charge in [0.2, 0.25) is 11.5 Å². The first-order valence-electron chi connectivity index (χ1n) is 11.0. The fraction of sp³-hybridized carbons (Fsp3) is 0.773. The van der Waals surface area contributed by atoms with Crippen LogP contribution in [-0.4, -0.2) is 59.7 Å². The van der Waals surface area contributed by atoms with Crippen LogP contribution < -0.4 is 0 Å². The molecule has 7 heteroatoms. The smallest absolute Gasteiger partial charge is 0.343 e. The summed E-state index contributed by atoms with van der Waals surface area (Å²) >= 11 is 0. The summed E-state index contributed by atoms with van der Waals surface area (Å²) in [6.07, 6.45) is 5.20. The SMILES string of the molecule is COC1=C(C)C(=O)OC1=C1OC23OC4CC(C2C1C)N1CCC3C41CCCCO. The van der Waals surface area contributed by atoms with E-state index in [4.69, 9.17) is 18.9 Å². The van der Waals surface area contributed by atoms with Crippen LogP contribution in [0.5, 0.6) is 0 Å². The zero-order chi connectivity index (χ0) is 20.1. The van der Waals surface area contributed by atoms with E-state index in [1.807, 2.05) is 0 Å². The molecule has 5 fully saturated rings. The number of piperidine rings is 1. The minimum Gasteiger partial charge on any atom is -0.492 e. The second-order valence-electron chi connectivity index (χ2n) is 9.50. The van der Waals surface area contributed by atoms with Crippen LogP contribution >= 0.6 is 0 Å². The van der Waals surface area contributed by atoms with Gasteiger partial charge in [0, 0.05) is 24.5 Å². The number of hydrogen-bond acceptors (Lipinski definition) is 7. The van der Waals surface area contributed by atoms with E-state index in [1.54, 1.807) is 14.0 Å². The van der Waals surface area contributed by atoms with Crippen LogP contribution in [-0.2, 0) is 23.7 Å². The van der Waals surface area contributed by atoms with Crippen molar-refractivity contribution < 1.29 is 28.8 Å². The minimum absolute atomic E-state index is 0.0400. The predicted molar refractivity (Wildman–Crippen MR) is 101 cm³/mol. The van der Waals surface area contributed by atoms with E-state index in [2.05, 4.69) is 11.8 Å². The molecule has 0 aromatic heterocycles. The van der Waals surface area contributed by atoms with Gasteiger partial charge in [0.1, 0.15) is 5.76 Å². The number of methoxy groups -OCH3 is 1. The Hall–Kier alpha value is -1.57. The maximum Gasteiger partial charge on any atom is 0.343 e. The molecule has 6 heterocycles. The van der Waals surface area contributed by atoms with Gasteiger partial charge in [0.15, 0.2) is 5.76 Å². The predicted octanol–water partition coefficient (Wildman–Crippen LogP) is 2.06. The summed E-state index contributed by atoms with van der Waals surface area (Å²) in [5.41, 5.74) is 0.525. The monoisotopic (exact) mass is 403 g/mol. The Balaban J connectivity index is 1.43. The summed E-state index contributed by atoms with van der Waals surface area (Å²) < 4.78 is 24.6. The van der Waals surface area contributed by atoms with Crippen LogP contribution in [0.25, 0.3) is 0 Å².